The number of aryl methyl sites for hydroxylation is 1. The molecule has 24 heavy (non-hydrogen) atoms. The van der Waals surface area contributed by atoms with E-state index in [-0.39, 0.29) is 18.4 Å². The molecule has 1 N–H and O–H groups in total. The molecule has 1 saturated heterocycles. The van der Waals surface area contributed by atoms with Crippen molar-refractivity contribution in [1.29, 1.82) is 0 Å². The molecule has 1 aliphatic carbocycles. The maximum absolute atomic E-state index is 13.3. The molecular formula is C19H21N3O2. The Morgan fingerprint density at radius 2 is 2.17 bits per heavy atom. The summed E-state index contributed by atoms with van der Waals surface area (Å²) < 4.78 is 0. The van der Waals surface area contributed by atoms with Crippen LogP contribution in [0.3, 0.4) is 0 Å². The van der Waals surface area contributed by atoms with E-state index in [9.17, 15) is 9.59 Å². The fourth-order valence-corrected chi connectivity index (χ4v) is 3.78. The van der Waals surface area contributed by atoms with Crippen LogP contribution in [0.2, 0.25) is 0 Å². The number of hydrogen-bond acceptors (Lipinski definition) is 3. The standard InChI is InChI=1S/C19H21N3O2/c1-12-6-7-16-14(10-12)18(13-4-2-3-5-15(13)21-16)19(24)22-9-8-20-17(23)11-22/h2-5,12H,6-11H2,1H3,(H,20,23). The Morgan fingerprint density at radius 1 is 1.33 bits per heavy atom. The average Bonchev–Trinajstić information content (AvgIpc) is 2.59. The lowest BCUT2D eigenvalue weighted by Gasteiger charge is -2.30. The van der Waals surface area contributed by atoms with Gasteiger partial charge in [0.25, 0.3) is 5.91 Å². The summed E-state index contributed by atoms with van der Waals surface area (Å²) in [6.07, 6.45) is 2.91. The largest absolute Gasteiger partial charge is 0.353 e. The fraction of sp³-hybridized carbons (Fsp3) is 0.421. The molecule has 2 aliphatic rings. The Kier molecular flexibility index (Phi) is 3.71. The number of carbonyl (C=O) groups excluding carboxylic acids is 2. The molecule has 1 aromatic heterocycles. The number of carbonyl (C=O) groups is 2. The molecule has 5 nitrogen and oxygen atoms in total. The fourth-order valence-electron chi connectivity index (χ4n) is 3.78. The van der Waals surface area contributed by atoms with Gasteiger partial charge < -0.3 is 10.2 Å². The summed E-state index contributed by atoms with van der Waals surface area (Å²) in [4.78, 5) is 31.4. The van der Waals surface area contributed by atoms with Crippen molar-refractivity contribution in [1.82, 2.24) is 15.2 Å². The summed E-state index contributed by atoms with van der Waals surface area (Å²) in [5.41, 5.74) is 3.77. The van der Waals surface area contributed by atoms with Gasteiger partial charge in [0.1, 0.15) is 0 Å². The number of amides is 2. The van der Waals surface area contributed by atoms with Crippen molar-refractivity contribution in [2.45, 2.75) is 26.2 Å². The highest BCUT2D eigenvalue weighted by Gasteiger charge is 2.29. The molecule has 1 atom stereocenters. The van der Waals surface area contributed by atoms with E-state index in [0.717, 1.165) is 47.0 Å². The molecule has 0 spiro atoms. The van der Waals surface area contributed by atoms with Gasteiger partial charge in [-0.2, -0.15) is 0 Å². The molecule has 5 heteroatoms. The SMILES string of the molecule is CC1CCc2nc3ccccc3c(C(=O)N3CCNC(=O)C3)c2C1. The van der Waals surface area contributed by atoms with Crippen LogP contribution in [0.4, 0.5) is 0 Å². The third kappa shape index (κ3) is 2.54. The van der Waals surface area contributed by atoms with Crippen LogP contribution in [-0.2, 0) is 17.6 Å². The first kappa shape index (κ1) is 15.1. The van der Waals surface area contributed by atoms with Gasteiger partial charge in [-0.05, 0) is 36.8 Å². The highest BCUT2D eigenvalue weighted by Crippen LogP contribution is 2.32. The highest BCUT2D eigenvalue weighted by atomic mass is 16.2. The molecule has 1 aromatic carbocycles. The van der Waals surface area contributed by atoms with Gasteiger partial charge in [-0.1, -0.05) is 25.1 Å². The molecule has 124 valence electrons. The zero-order valence-corrected chi connectivity index (χ0v) is 13.8. The Hall–Kier alpha value is -2.43. The molecule has 1 fully saturated rings. The first-order valence-electron chi connectivity index (χ1n) is 8.60. The number of piperazine rings is 1. The molecule has 2 heterocycles. The summed E-state index contributed by atoms with van der Waals surface area (Å²) in [5, 5.41) is 3.68. The summed E-state index contributed by atoms with van der Waals surface area (Å²) in [7, 11) is 0. The Bertz CT molecular complexity index is 831. The number of para-hydroxylation sites is 1. The molecule has 4 rings (SSSR count). The number of hydrogen-bond donors (Lipinski definition) is 1. The molecule has 0 radical (unpaired) electrons. The monoisotopic (exact) mass is 323 g/mol. The third-order valence-corrected chi connectivity index (χ3v) is 5.04. The van der Waals surface area contributed by atoms with Crippen molar-refractivity contribution in [2.75, 3.05) is 19.6 Å². The average molecular weight is 323 g/mol. The van der Waals surface area contributed by atoms with Gasteiger partial charge in [0.2, 0.25) is 5.91 Å². The van der Waals surface area contributed by atoms with Gasteiger partial charge in [0.15, 0.2) is 0 Å². The second-order valence-electron chi connectivity index (χ2n) is 6.85. The summed E-state index contributed by atoms with van der Waals surface area (Å²) in [5.74, 6) is 0.431. The van der Waals surface area contributed by atoms with Crippen LogP contribution in [0, 0.1) is 5.92 Å². The quantitative estimate of drug-likeness (QED) is 0.872. The summed E-state index contributed by atoms with van der Waals surface area (Å²) in [6.45, 7) is 3.44. The predicted molar refractivity (Wildman–Crippen MR) is 91.8 cm³/mol. The van der Waals surface area contributed by atoms with E-state index in [4.69, 9.17) is 4.98 Å². The second-order valence-corrected chi connectivity index (χ2v) is 6.85. The molecule has 1 aliphatic heterocycles. The maximum atomic E-state index is 13.3. The van der Waals surface area contributed by atoms with Gasteiger partial charge in [-0.3, -0.25) is 14.6 Å². The van der Waals surface area contributed by atoms with E-state index in [2.05, 4.69) is 12.2 Å². The van der Waals surface area contributed by atoms with Gasteiger partial charge in [0, 0.05) is 24.2 Å². The van der Waals surface area contributed by atoms with Gasteiger partial charge in [-0.15, -0.1) is 0 Å². The first-order chi connectivity index (χ1) is 11.6. The number of fused-ring (bicyclic) bond motifs is 2. The van der Waals surface area contributed by atoms with Crippen LogP contribution in [-0.4, -0.2) is 41.3 Å². The van der Waals surface area contributed by atoms with Crippen molar-refractivity contribution in [3.05, 3.63) is 41.1 Å². The molecule has 2 amide bonds. The van der Waals surface area contributed by atoms with Crippen molar-refractivity contribution in [3.63, 3.8) is 0 Å². The lowest BCUT2D eigenvalue weighted by atomic mass is 9.83. The molecule has 0 saturated carbocycles. The topological polar surface area (TPSA) is 62.3 Å². The summed E-state index contributed by atoms with van der Waals surface area (Å²) >= 11 is 0. The van der Waals surface area contributed by atoms with Gasteiger partial charge in [0.05, 0.1) is 17.6 Å². The lowest BCUT2D eigenvalue weighted by molar-refractivity contribution is -0.123. The number of aromatic nitrogens is 1. The lowest BCUT2D eigenvalue weighted by Crippen LogP contribution is -2.50. The molecule has 1 unspecified atom stereocenters. The van der Waals surface area contributed by atoms with Crippen molar-refractivity contribution < 1.29 is 9.59 Å². The predicted octanol–water partition coefficient (Wildman–Crippen LogP) is 1.93. The first-order valence-corrected chi connectivity index (χ1v) is 8.60. The van der Waals surface area contributed by atoms with Crippen LogP contribution in [0.1, 0.15) is 35.0 Å². The van der Waals surface area contributed by atoms with Gasteiger partial charge in [-0.25, -0.2) is 0 Å². The highest BCUT2D eigenvalue weighted by molar-refractivity contribution is 6.08. The second kappa shape index (κ2) is 5.89. The minimum Gasteiger partial charge on any atom is -0.353 e. The number of benzene rings is 1. The van der Waals surface area contributed by atoms with E-state index in [0.29, 0.717) is 19.0 Å². The molecular weight excluding hydrogens is 302 g/mol. The van der Waals surface area contributed by atoms with Crippen LogP contribution in [0.25, 0.3) is 10.9 Å². The van der Waals surface area contributed by atoms with Crippen molar-refractivity contribution in [3.8, 4) is 0 Å². The van der Waals surface area contributed by atoms with E-state index in [1.807, 2.05) is 24.3 Å². The smallest absolute Gasteiger partial charge is 0.255 e. The van der Waals surface area contributed by atoms with Crippen LogP contribution >= 0.6 is 0 Å². The third-order valence-electron chi connectivity index (χ3n) is 5.04. The zero-order valence-electron chi connectivity index (χ0n) is 13.8. The Balaban J connectivity index is 1.87. The maximum Gasteiger partial charge on any atom is 0.255 e. The zero-order chi connectivity index (χ0) is 16.7. The van der Waals surface area contributed by atoms with Crippen LogP contribution < -0.4 is 5.32 Å². The van der Waals surface area contributed by atoms with Crippen LogP contribution in [0.5, 0.6) is 0 Å². The number of nitrogens with zero attached hydrogens (tertiary/aromatic N) is 2. The van der Waals surface area contributed by atoms with Crippen molar-refractivity contribution in [2.24, 2.45) is 5.92 Å². The number of rotatable bonds is 1. The van der Waals surface area contributed by atoms with E-state index >= 15 is 0 Å². The van der Waals surface area contributed by atoms with E-state index in [1.54, 1.807) is 4.90 Å². The minimum atomic E-state index is -0.0878. The van der Waals surface area contributed by atoms with Crippen molar-refractivity contribution >= 4 is 22.7 Å². The molecule has 2 aromatic rings. The van der Waals surface area contributed by atoms with E-state index in [1.165, 1.54) is 0 Å². The number of nitrogens with one attached hydrogen (secondary N) is 1. The van der Waals surface area contributed by atoms with Gasteiger partial charge >= 0.3 is 0 Å². The number of pyridine rings is 1. The molecule has 0 bridgehead atoms. The Morgan fingerprint density at radius 3 is 3.00 bits per heavy atom. The Labute approximate surface area is 141 Å². The van der Waals surface area contributed by atoms with Crippen LogP contribution in [0.15, 0.2) is 24.3 Å². The van der Waals surface area contributed by atoms with E-state index < -0.39 is 0 Å². The minimum absolute atomic E-state index is 0.0335. The summed E-state index contributed by atoms with van der Waals surface area (Å²) in [6, 6.07) is 7.84. The normalized spacial score (nSPS) is 20.6.